The van der Waals surface area contributed by atoms with Gasteiger partial charge < -0.3 is 36.7 Å². The molecule has 1 aromatic rings. The minimum atomic E-state index is -0.522. The molecule has 0 saturated heterocycles. The number of ether oxygens (including phenoxy) is 3. The van der Waals surface area contributed by atoms with Gasteiger partial charge in [0.15, 0.2) is 11.5 Å². The number of allylic oxidation sites excluding steroid dienone is 1. The molecular formula is C18H24N6O4. The molecule has 0 radical (unpaired) electrons. The number of guanidine groups is 2. The van der Waals surface area contributed by atoms with Crippen molar-refractivity contribution >= 4 is 23.5 Å². The molecule has 0 aliphatic heterocycles. The Labute approximate surface area is 162 Å². The molecule has 1 atom stereocenters. The number of hydrogen-bond donors (Lipinski definition) is 4. The van der Waals surface area contributed by atoms with Crippen molar-refractivity contribution in [1.82, 2.24) is 5.32 Å². The maximum absolute atomic E-state index is 11.1. The molecule has 2 rings (SSSR count). The SMILES string of the molecule is COC1=C(OC)C(OC)CC(NC(N)=NC(N)=Nc2ccc(C(N)=O)cc2)=C1. The normalized spacial score (nSPS) is 17.8. The van der Waals surface area contributed by atoms with Crippen LogP contribution in [0.25, 0.3) is 0 Å². The molecule has 7 N–H and O–H groups in total. The van der Waals surface area contributed by atoms with Crippen LogP contribution in [0.5, 0.6) is 0 Å². The maximum Gasteiger partial charge on any atom is 0.248 e. The minimum absolute atomic E-state index is 0.0485. The number of rotatable bonds is 6. The van der Waals surface area contributed by atoms with Crippen LogP contribution in [0.1, 0.15) is 16.8 Å². The van der Waals surface area contributed by atoms with E-state index in [0.717, 1.165) is 0 Å². The second-order valence-electron chi connectivity index (χ2n) is 5.74. The van der Waals surface area contributed by atoms with Gasteiger partial charge in [-0.1, -0.05) is 0 Å². The van der Waals surface area contributed by atoms with E-state index in [2.05, 4.69) is 15.3 Å². The van der Waals surface area contributed by atoms with Gasteiger partial charge in [-0.2, -0.15) is 4.99 Å². The lowest BCUT2D eigenvalue weighted by molar-refractivity contribution is 0.0645. The standard InChI is InChI=1S/C18H24N6O4/c1-26-13-8-12(9-14(27-2)15(13)28-3)23-18(21)24-17(20)22-11-6-4-10(5-7-11)16(19)25/h4-8,14H,9H2,1-3H3,(H2,19,25)(H5,20,21,22,23,24). The van der Waals surface area contributed by atoms with Crippen LogP contribution in [0.15, 0.2) is 57.5 Å². The number of amides is 1. The van der Waals surface area contributed by atoms with E-state index in [4.69, 9.17) is 31.4 Å². The van der Waals surface area contributed by atoms with Crippen molar-refractivity contribution < 1.29 is 19.0 Å². The van der Waals surface area contributed by atoms with Crippen molar-refractivity contribution in [2.45, 2.75) is 12.5 Å². The molecule has 0 saturated carbocycles. The van der Waals surface area contributed by atoms with Crippen LogP contribution in [0.2, 0.25) is 0 Å². The topological polar surface area (TPSA) is 160 Å². The lowest BCUT2D eigenvalue weighted by Crippen LogP contribution is -2.36. The van der Waals surface area contributed by atoms with E-state index in [0.29, 0.717) is 34.9 Å². The van der Waals surface area contributed by atoms with Crippen LogP contribution in [-0.4, -0.2) is 45.3 Å². The number of carbonyl (C=O) groups excluding carboxylic acids is 1. The molecule has 1 amide bonds. The number of methoxy groups -OCH3 is 3. The second kappa shape index (κ2) is 9.42. The summed E-state index contributed by atoms with van der Waals surface area (Å²) in [4.78, 5) is 19.2. The summed E-state index contributed by atoms with van der Waals surface area (Å²) in [6.45, 7) is 0. The van der Waals surface area contributed by atoms with Gasteiger partial charge >= 0.3 is 0 Å². The first-order chi connectivity index (χ1) is 13.4. The van der Waals surface area contributed by atoms with Gasteiger partial charge in [-0.25, -0.2) is 4.99 Å². The van der Waals surface area contributed by atoms with Gasteiger partial charge in [0.2, 0.25) is 17.8 Å². The highest BCUT2D eigenvalue weighted by atomic mass is 16.5. The van der Waals surface area contributed by atoms with Gasteiger partial charge in [0, 0.05) is 30.9 Å². The second-order valence-corrected chi connectivity index (χ2v) is 5.74. The Morgan fingerprint density at radius 3 is 2.32 bits per heavy atom. The highest BCUT2D eigenvalue weighted by molar-refractivity contribution is 5.95. The molecule has 0 aromatic heterocycles. The summed E-state index contributed by atoms with van der Waals surface area (Å²) < 4.78 is 16.1. The lowest BCUT2D eigenvalue weighted by atomic mass is 10.0. The Balaban J connectivity index is 2.13. The Kier molecular flexibility index (Phi) is 6.99. The predicted molar refractivity (Wildman–Crippen MR) is 106 cm³/mol. The zero-order valence-corrected chi connectivity index (χ0v) is 15.9. The quantitative estimate of drug-likeness (QED) is 0.406. The number of hydrogen-bond acceptors (Lipinski definition) is 5. The highest BCUT2D eigenvalue weighted by Crippen LogP contribution is 2.26. The summed E-state index contributed by atoms with van der Waals surface area (Å²) in [6, 6.07) is 6.29. The van der Waals surface area contributed by atoms with Gasteiger partial charge in [0.05, 0.1) is 19.9 Å². The number of benzene rings is 1. The summed E-state index contributed by atoms with van der Waals surface area (Å²) in [7, 11) is 4.66. The number of primary amides is 1. The first kappa shape index (κ1) is 20.8. The molecule has 28 heavy (non-hydrogen) atoms. The smallest absolute Gasteiger partial charge is 0.248 e. The summed E-state index contributed by atoms with van der Waals surface area (Å²) in [6.07, 6.45) is 1.90. The molecule has 0 spiro atoms. The van der Waals surface area contributed by atoms with Crippen molar-refractivity contribution in [3.63, 3.8) is 0 Å². The Morgan fingerprint density at radius 1 is 1.11 bits per heavy atom. The van der Waals surface area contributed by atoms with Crippen LogP contribution < -0.4 is 22.5 Å². The predicted octanol–water partition coefficient (Wildman–Crippen LogP) is 0.443. The minimum Gasteiger partial charge on any atom is -0.494 e. The summed E-state index contributed by atoms with van der Waals surface area (Å²) in [5, 5.41) is 2.95. The van der Waals surface area contributed by atoms with E-state index in [1.54, 1.807) is 44.6 Å². The fraction of sp³-hybridized carbons (Fsp3) is 0.278. The van der Waals surface area contributed by atoms with Crippen molar-refractivity contribution in [3.8, 4) is 0 Å². The first-order valence-corrected chi connectivity index (χ1v) is 8.28. The van der Waals surface area contributed by atoms with E-state index >= 15 is 0 Å². The van der Waals surface area contributed by atoms with Gasteiger partial charge in [-0.15, -0.1) is 0 Å². The lowest BCUT2D eigenvalue weighted by Gasteiger charge is -2.25. The van der Waals surface area contributed by atoms with Crippen molar-refractivity contribution in [2.24, 2.45) is 27.2 Å². The maximum atomic E-state index is 11.1. The Bertz CT molecular complexity index is 842. The van der Waals surface area contributed by atoms with E-state index in [-0.39, 0.29) is 18.0 Å². The molecule has 10 heteroatoms. The van der Waals surface area contributed by atoms with Gasteiger partial charge in [0.1, 0.15) is 6.10 Å². The molecule has 1 aliphatic carbocycles. The fourth-order valence-electron chi connectivity index (χ4n) is 2.58. The third-order valence-corrected chi connectivity index (χ3v) is 3.89. The number of nitrogens with two attached hydrogens (primary N) is 3. The van der Waals surface area contributed by atoms with E-state index in [1.807, 2.05) is 0 Å². The zero-order chi connectivity index (χ0) is 20.7. The molecule has 150 valence electrons. The van der Waals surface area contributed by atoms with E-state index in [1.165, 1.54) is 7.11 Å². The van der Waals surface area contributed by atoms with Crippen LogP contribution in [0.3, 0.4) is 0 Å². The third kappa shape index (κ3) is 5.24. The third-order valence-electron chi connectivity index (χ3n) is 3.89. The summed E-state index contributed by atoms with van der Waals surface area (Å²) >= 11 is 0. The molecule has 1 aromatic carbocycles. The molecule has 0 heterocycles. The molecule has 0 bridgehead atoms. The van der Waals surface area contributed by atoms with E-state index < -0.39 is 5.91 Å². The Hall–Kier alpha value is -3.53. The van der Waals surface area contributed by atoms with Crippen molar-refractivity contribution in [1.29, 1.82) is 0 Å². The van der Waals surface area contributed by atoms with Crippen LogP contribution in [0.4, 0.5) is 5.69 Å². The average Bonchev–Trinajstić information content (AvgIpc) is 2.67. The monoisotopic (exact) mass is 388 g/mol. The number of carbonyl (C=O) groups is 1. The first-order valence-electron chi connectivity index (χ1n) is 8.28. The molecule has 10 nitrogen and oxygen atoms in total. The molecular weight excluding hydrogens is 364 g/mol. The highest BCUT2D eigenvalue weighted by Gasteiger charge is 2.26. The van der Waals surface area contributed by atoms with E-state index in [9.17, 15) is 4.79 Å². The summed E-state index contributed by atoms with van der Waals surface area (Å²) in [5.41, 5.74) is 18.5. The molecule has 1 aliphatic rings. The van der Waals surface area contributed by atoms with Crippen LogP contribution in [0, 0.1) is 0 Å². The summed E-state index contributed by atoms with van der Waals surface area (Å²) in [5.74, 6) is 0.578. The van der Waals surface area contributed by atoms with Crippen molar-refractivity contribution in [3.05, 3.63) is 53.1 Å². The van der Waals surface area contributed by atoms with Gasteiger partial charge in [-0.05, 0) is 24.3 Å². The fourth-order valence-corrected chi connectivity index (χ4v) is 2.58. The molecule has 1 unspecified atom stereocenters. The van der Waals surface area contributed by atoms with Gasteiger partial charge in [-0.3, -0.25) is 4.79 Å². The van der Waals surface area contributed by atoms with Crippen LogP contribution in [-0.2, 0) is 14.2 Å². The number of nitrogens with zero attached hydrogens (tertiary/aromatic N) is 2. The zero-order valence-electron chi connectivity index (χ0n) is 15.9. The Morgan fingerprint density at radius 2 is 1.79 bits per heavy atom. The molecule has 0 fully saturated rings. The number of aliphatic imine (C=N–C) groups is 2. The largest absolute Gasteiger partial charge is 0.494 e. The van der Waals surface area contributed by atoms with Crippen molar-refractivity contribution in [2.75, 3.05) is 21.3 Å². The average molecular weight is 388 g/mol. The number of nitrogens with one attached hydrogen (secondary N) is 1. The van der Waals surface area contributed by atoms with Gasteiger partial charge in [0.25, 0.3) is 0 Å². The van der Waals surface area contributed by atoms with Crippen LogP contribution >= 0.6 is 0 Å².